The minimum atomic E-state index is 1.14. The van der Waals surface area contributed by atoms with Gasteiger partial charge in [0.1, 0.15) is 0 Å². The van der Waals surface area contributed by atoms with Crippen molar-refractivity contribution in [3.63, 3.8) is 0 Å². The molecule has 0 amide bonds. The summed E-state index contributed by atoms with van der Waals surface area (Å²) in [7, 11) is 0. The van der Waals surface area contributed by atoms with Crippen molar-refractivity contribution in [3.8, 4) is 22.3 Å². The number of hydrogen-bond acceptors (Lipinski definition) is 1. The summed E-state index contributed by atoms with van der Waals surface area (Å²) < 4.78 is 0. The van der Waals surface area contributed by atoms with Crippen molar-refractivity contribution in [1.29, 1.82) is 0 Å². The molecule has 0 radical (unpaired) electrons. The first-order valence-electron chi connectivity index (χ1n) is 8.40. The fourth-order valence-corrected chi connectivity index (χ4v) is 3.49. The average molecular weight is 320 g/mol. The zero-order chi connectivity index (χ0) is 16.6. The highest BCUT2D eigenvalue weighted by molar-refractivity contribution is 6.11. The van der Waals surface area contributed by atoms with Crippen LogP contribution in [0.25, 0.3) is 44.1 Å². The SMILES string of the molecule is c1cncc(-c2ccc(-c3cccc4c3[nH]c3ccccc34)cc2)c1. The number of pyridine rings is 1. The Bertz CT molecular complexity index is 1170. The lowest BCUT2D eigenvalue weighted by molar-refractivity contribution is 1.33. The average Bonchev–Trinajstić information content (AvgIpc) is 3.08. The Morgan fingerprint density at radius 3 is 2.24 bits per heavy atom. The molecule has 3 aromatic carbocycles. The predicted molar refractivity (Wildman–Crippen MR) is 104 cm³/mol. The second kappa shape index (κ2) is 5.60. The third kappa shape index (κ3) is 2.31. The van der Waals surface area contributed by atoms with Crippen molar-refractivity contribution in [1.82, 2.24) is 9.97 Å². The van der Waals surface area contributed by atoms with Crippen LogP contribution in [-0.4, -0.2) is 9.97 Å². The van der Waals surface area contributed by atoms with E-state index in [9.17, 15) is 0 Å². The first kappa shape index (κ1) is 14.0. The summed E-state index contributed by atoms with van der Waals surface area (Å²) >= 11 is 0. The smallest absolute Gasteiger partial charge is 0.0544 e. The number of benzene rings is 3. The van der Waals surface area contributed by atoms with Crippen molar-refractivity contribution < 1.29 is 0 Å². The number of nitrogens with zero attached hydrogens (tertiary/aromatic N) is 1. The number of aromatic nitrogens is 2. The topological polar surface area (TPSA) is 28.7 Å². The highest BCUT2D eigenvalue weighted by atomic mass is 14.7. The summed E-state index contributed by atoms with van der Waals surface area (Å²) in [5.74, 6) is 0. The molecule has 0 saturated heterocycles. The molecule has 2 heteroatoms. The van der Waals surface area contributed by atoms with Crippen LogP contribution in [0.15, 0.2) is 91.3 Å². The molecular weight excluding hydrogens is 304 g/mol. The summed E-state index contributed by atoms with van der Waals surface area (Å²) in [6, 6.07) is 27.7. The Balaban J connectivity index is 1.66. The monoisotopic (exact) mass is 320 g/mol. The molecule has 0 atom stereocenters. The van der Waals surface area contributed by atoms with Gasteiger partial charge in [-0.15, -0.1) is 0 Å². The summed E-state index contributed by atoms with van der Waals surface area (Å²) in [5.41, 5.74) is 7.13. The van der Waals surface area contributed by atoms with Gasteiger partial charge >= 0.3 is 0 Å². The predicted octanol–water partition coefficient (Wildman–Crippen LogP) is 6.05. The standard InChI is InChI=1S/C23H16N2/c1-2-9-22-20(6-1)21-8-3-7-19(23(21)25-22)17-12-10-16(11-13-17)18-5-4-14-24-15-18/h1-15,25H. The van der Waals surface area contributed by atoms with Crippen LogP contribution in [0.4, 0.5) is 0 Å². The molecule has 0 bridgehead atoms. The van der Waals surface area contributed by atoms with Crippen LogP contribution in [-0.2, 0) is 0 Å². The largest absolute Gasteiger partial charge is 0.354 e. The van der Waals surface area contributed by atoms with Crippen LogP contribution in [0.2, 0.25) is 0 Å². The first-order chi connectivity index (χ1) is 12.4. The lowest BCUT2D eigenvalue weighted by Gasteiger charge is -2.06. The summed E-state index contributed by atoms with van der Waals surface area (Å²) in [6.45, 7) is 0. The van der Waals surface area contributed by atoms with Crippen molar-refractivity contribution >= 4 is 21.8 Å². The van der Waals surface area contributed by atoms with E-state index in [-0.39, 0.29) is 0 Å². The third-order valence-electron chi connectivity index (χ3n) is 4.73. The molecule has 0 saturated carbocycles. The van der Waals surface area contributed by atoms with Crippen LogP contribution in [0, 0.1) is 0 Å². The minimum absolute atomic E-state index is 1.14. The van der Waals surface area contributed by atoms with Gasteiger partial charge in [-0.25, -0.2) is 0 Å². The zero-order valence-corrected chi connectivity index (χ0v) is 13.6. The molecule has 5 aromatic rings. The maximum atomic E-state index is 4.20. The quantitative estimate of drug-likeness (QED) is 0.421. The minimum Gasteiger partial charge on any atom is -0.354 e. The number of rotatable bonds is 2. The van der Waals surface area contributed by atoms with Gasteiger partial charge in [0, 0.05) is 34.2 Å². The Kier molecular flexibility index (Phi) is 3.14. The first-order valence-corrected chi connectivity index (χ1v) is 8.40. The number of nitrogens with one attached hydrogen (secondary N) is 1. The van der Waals surface area contributed by atoms with Gasteiger partial charge in [0.25, 0.3) is 0 Å². The van der Waals surface area contributed by atoms with Crippen molar-refractivity contribution in [2.75, 3.05) is 0 Å². The van der Waals surface area contributed by atoms with Gasteiger partial charge in [-0.3, -0.25) is 4.98 Å². The number of fused-ring (bicyclic) bond motifs is 3. The van der Waals surface area contributed by atoms with E-state index in [0.29, 0.717) is 0 Å². The highest BCUT2D eigenvalue weighted by Crippen LogP contribution is 2.33. The molecule has 0 aliphatic carbocycles. The molecule has 5 rings (SSSR count). The zero-order valence-electron chi connectivity index (χ0n) is 13.6. The van der Waals surface area contributed by atoms with Crippen LogP contribution in [0.1, 0.15) is 0 Å². The van der Waals surface area contributed by atoms with Crippen LogP contribution >= 0.6 is 0 Å². The molecule has 2 nitrogen and oxygen atoms in total. The van der Waals surface area contributed by atoms with E-state index in [4.69, 9.17) is 0 Å². The maximum absolute atomic E-state index is 4.20. The fraction of sp³-hybridized carbons (Fsp3) is 0. The number of aromatic amines is 1. The second-order valence-corrected chi connectivity index (χ2v) is 6.22. The Labute approximate surface area is 145 Å². The van der Waals surface area contributed by atoms with Crippen LogP contribution in [0.3, 0.4) is 0 Å². The lowest BCUT2D eigenvalue weighted by atomic mass is 9.99. The molecule has 0 aliphatic heterocycles. The lowest BCUT2D eigenvalue weighted by Crippen LogP contribution is -1.82. The van der Waals surface area contributed by atoms with Crippen LogP contribution in [0.5, 0.6) is 0 Å². The fourth-order valence-electron chi connectivity index (χ4n) is 3.49. The van der Waals surface area contributed by atoms with Gasteiger partial charge in [-0.1, -0.05) is 66.7 Å². The van der Waals surface area contributed by atoms with Gasteiger partial charge in [-0.2, -0.15) is 0 Å². The summed E-state index contributed by atoms with van der Waals surface area (Å²) in [5, 5.41) is 2.54. The highest BCUT2D eigenvalue weighted by Gasteiger charge is 2.09. The van der Waals surface area contributed by atoms with E-state index in [0.717, 1.165) is 5.56 Å². The van der Waals surface area contributed by atoms with E-state index in [1.165, 1.54) is 38.5 Å². The van der Waals surface area contributed by atoms with Gasteiger partial charge < -0.3 is 4.98 Å². The molecule has 0 spiro atoms. The van der Waals surface area contributed by atoms with E-state index in [1.807, 2.05) is 12.3 Å². The molecular formula is C23H16N2. The van der Waals surface area contributed by atoms with Gasteiger partial charge in [0.15, 0.2) is 0 Å². The molecule has 25 heavy (non-hydrogen) atoms. The maximum Gasteiger partial charge on any atom is 0.0544 e. The van der Waals surface area contributed by atoms with E-state index >= 15 is 0 Å². The van der Waals surface area contributed by atoms with E-state index in [1.54, 1.807) is 6.20 Å². The van der Waals surface area contributed by atoms with Gasteiger partial charge in [0.05, 0.1) is 5.52 Å². The third-order valence-corrected chi connectivity index (χ3v) is 4.73. The number of H-pyrrole nitrogens is 1. The Hall–Kier alpha value is -3.39. The Morgan fingerprint density at radius 1 is 0.600 bits per heavy atom. The van der Waals surface area contributed by atoms with Crippen molar-refractivity contribution in [2.45, 2.75) is 0 Å². The van der Waals surface area contributed by atoms with Gasteiger partial charge in [-0.05, 0) is 28.8 Å². The van der Waals surface area contributed by atoms with Crippen molar-refractivity contribution in [3.05, 3.63) is 91.3 Å². The summed E-state index contributed by atoms with van der Waals surface area (Å²) in [4.78, 5) is 7.78. The van der Waals surface area contributed by atoms with Gasteiger partial charge in [0.2, 0.25) is 0 Å². The Morgan fingerprint density at radius 2 is 1.40 bits per heavy atom. The normalized spacial score (nSPS) is 11.2. The number of hydrogen-bond donors (Lipinski definition) is 1. The number of para-hydroxylation sites is 2. The molecule has 2 heterocycles. The molecule has 1 N–H and O–H groups in total. The van der Waals surface area contributed by atoms with Crippen LogP contribution < -0.4 is 0 Å². The summed E-state index contributed by atoms with van der Waals surface area (Å²) in [6.07, 6.45) is 3.70. The molecule has 118 valence electrons. The molecule has 2 aromatic heterocycles. The van der Waals surface area contributed by atoms with E-state index < -0.39 is 0 Å². The van der Waals surface area contributed by atoms with Crippen molar-refractivity contribution in [2.24, 2.45) is 0 Å². The molecule has 0 aliphatic rings. The second-order valence-electron chi connectivity index (χ2n) is 6.22. The molecule has 0 unspecified atom stereocenters. The molecule has 0 fully saturated rings. The van der Waals surface area contributed by atoms with E-state index in [2.05, 4.69) is 82.8 Å².